The van der Waals surface area contributed by atoms with Crippen molar-refractivity contribution in [3.8, 4) is 0 Å². The van der Waals surface area contributed by atoms with Crippen molar-refractivity contribution in [2.75, 3.05) is 37.6 Å². The quantitative estimate of drug-likeness (QED) is 0.758. The third-order valence-electron chi connectivity index (χ3n) is 5.27. The summed E-state index contributed by atoms with van der Waals surface area (Å²) in [6.07, 6.45) is 1.31. The summed E-state index contributed by atoms with van der Waals surface area (Å²) in [6.45, 7) is 8.48. The number of benzene rings is 1. The average molecular weight is 357 g/mol. The Kier molecular flexibility index (Phi) is 5.30. The summed E-state index contributed by atoms with van der Waals surface area (Å²) < 4.78 is 0. The van der Waals surface area contributed by atoms with E-state index in [0.29, 0.717) is 39.1 Å². The fourth-order valence-electron chi connectivity index (χ4n) is 3.95. The molecule has 1 atom stereocenters. The molecule has 2 fully saturated rings. The van der Waals surface area contributed by atoms with E-state index in [1.165, 1.54) is 0 Å². The highest BCUT2D eigenvalue weighted by Crippen LogP contribution is 2.28. The maximum absolute atomic E-state index is 12.9. The van der Waals surface area contributed by atoms with E-state index in [4.69, 9.17) is 0 Å². The van der Waals surface area contributed by atoms with E-state index in [1.807, 2.05) is 26.0 Å². The molecule has 2 aliphatic rings. The van der Waals surface area contributed by atoms with Gasteiger partial charge in [-0.15, -0.1) is 0 Å². The van der Waals surface area contributed by atoms with Gasteiger partial charge in [-0.3, -0.25) is 14.4 Å². The van der Waals surface area contributed by atoms with Gasteiger partial charge in [-0.25, -0.2) is 0 Å². The molecular formula is C20H27N3O3. The van der Waals surface area contributed by atoms with Crippen LogP contribution in [0, 0.1) is 19.8 Å². The summed E-state index contributed by atoms with van der Waals surface area (Å²) in [4.78, 5) is 42.6. The van der Waals surface area contributed by atoms with Gasteiger partial charge in [0, 0.05) is 45.3 Å². The Balaban J connectivity index is 1.69. The molecule has 1 unspecified atom stereocenters. The Labute approximate surface area is 154 Å². The van der Waals surface area contributed by atoms with Crippen LogP contribution in [0.2, 0.25) is 0 Å². The SMILES string of the molecule is CC(=O)N1CCCN(C(=O)C2CCN(c3cc(C)cc(C)c3)C2=O)CC1. The maximum Gasteiger partial charge on any atom is 0.239 e. The van der Waals surface area contributed by atoms with Gasteiger partial charge < -0.3 is 14.7 Å². The normalized spacial score (nSPS) is 21.1. The van der Waals surface area contributed by atoms with E-state index >= 15 is 0 Å². The molecule has 0 N–H and O–H groups in total. The number of amides is 3. The van der Waals surface area contributed by atoms with Crippen LogP contribution in [0.15, 0.2) is 18.2 Å². The fourth-order valence-corrected chi connectivity index (χ4v) is 3.95. The molecule has 26 heavy (non-hydrogen) atoms. The molecule has 0 saturated carbocycles. The third-order valence-corrected chi connectivity index (χ3v) is 5.27. The minimum atomic E-state index is -0.598. The largest absolute Gasteiger partial charge is 0.341 e. The van der Waals surface area contributed by atoms with Crippen LogP contribution in [-0.4, -0.2) is 60.2 Å². The fraction of sp³-hybridized carbons (Fsp3) is 0.550. The molecule has 2 saturated heterocycles. The van der Waals surface area contributed by atoms with Crippen molar-refractivity contribution in [2.45, 2.75) is 33.6 Å². The van der Waals surface area contributed by atoms with Gasteiger partial charge in [0.1, 0.15) is 5.92 Å². The molecule has 0 bridgehead atoms. The first kappa shape index (κ1) is 18.4. The van der Waals surface area contributed by atoms with Gasteiger partial charge in [0.15, 0.2) is 0 Å². The Morgan fingerprint density at radius 3 is 2.19 bits per heavy atom. The molecule has 0 spiro atoms. The number of nitrogens with zero attached hydrogens (tertiary/aromatic N) is 3. The predicted molar refractivity (Wildman–Crippen MR) is 99.8 cm³/mol. The monoisotopic (exact) mass is 357 g/mol. The van der Waals surface area contributed by atoms with Gasteiger partial charge >= 0.3 is 0 Å². The van der Waals surface area contributed by atoms with Gasteiger partial charge in [0.25, 0.3) is 0 Å². The molecule has 0 aliphatic carbocycles. The molecule has 0 radical (unpaired) electrons. The first-order valence-electron chi connectivity index (χ1n) is 9.31. The van der Waals surface area contributed by atoms with Crippen molar-refractivity contribution in [1.82, 2.24) is 9.80 Å². The molecule has 2 heterocycles. The molecule has 0 aromatic heterocycles. The average Bonchev–Trinajstić information content (AvgIpc) is 2.80. The van der Waals surface area contributed by atoms with E-state index in [-0.39, 0.29) is 17.7 Å². The highest BCUT2D eigenvalue weighted by molar-refractivity contribution is 6.09. The van der Waals surface area contributed by atoms with Crippen molar-refractivity contribution >= 4 is 23.4 Å². The Bertz CT molecular complexity index is 711. The maximum atomic E-state index is 12.9. The summed E-state index contributed by atoms with van der Waals surface area (Å²) in [5.41, 5.74) is 3.10. The molecule has 3 amide bonds. The zero-order valence-electron chi connectivity index (χ0n) is 15.8. The summed E-state index contributed by atoms with van der Waals surface area (Å²) in [6, 6.07) is 6.06. The van der Waals surface area contributed by atoms with Gasteiger partial charge in [-0.2, -0.15) is 0 Å². The second kappa shape index (κ2) is 7.48. The molecule has 3 rings (SSSR count). The van der Waals surface area contributed by atoms with Gasteiger partial charge in [-0.05, 0) is 49.9 Å². The van der Waals surface area contributed by atoms with Crippen molar-refractivity contribution in [3.63, 3.8) is 0 Å². The van der Waals surface area contributed by atoms with E-state index in [2.05, 4.69) is 6.07 Å². The summed E-state index contributed by atoms with van der Waals surface area (Å²) in [5, 5.41) is 0. The van der Waals surface area contributed by atoms with Crippen molar-refractivity contribution in [1.29, 1.82) is 0 Å². The van der Waals surface area contributed by atoms with Gasteiger partial charge in [0.05, 0.1) is 0 Å². The zero-order chi connectivity index (χ0) is 18.8. The number of rotatable bonds is 2. The first-order valence-corrected chi connectivity index (χ1v) is 9.31. The predicted octanol–water partition coefficient (Wildman–Crippen LogP) is 1.74. The van der Waals surface area contributed by atoms with Gasteiger partial charge in [-0.1, -0.05) is 6.07 Å². The van der Waals surface area contributed by atoms with E-state index in [9.17, 15) is 14.4 Å². The number of hydrogen-bond donors (Lipinski definition) is 0. The van der Waals surface area contributed by atoms with Crippen LogP contribution >= 0.6 is 0 Å². The lowest BCUT2D eigenvalue weighted by Crippen LogP contribution is -2.42. The highest BCUT2D eigenvalue weighted by Gasteiger charge is 2.40. The minimum absolute atomic E-state index is 0.0391. The number of carbonyl (C=O) groups is 3. The zero-order valence-corrected chi connectivity index (χ0v) is 15.8. The Hall–Kier alpha value is -2.37. The van der Waals surface area contributed by atoms with Crippen LogP contribution in [0.5, 0.6) is 0 Å². The summed E-state index contributed by atoms with van der Waals surface area (Å²) in [7, 11) is 0. The number of carbonyl (C=O) groups excluding carboxylic acids is 3. The molecule has 1 aromatic rings. The number of aryl methyl sites for hydroxylation is 2. The molecule has 6 nitrogen and oxygen atoms in total. The smallest absolute Gasteiger partial charge is 0.239 e. The molecule has 2 aliphatic heterocycles. The van der Waals surface area contributed by atoms with Crippen molar-refractivity contribution < 1.29 is 14.4 Å². The molecular weight excluding hydrogens is 330 g/mol. The van der Waals surface area contributed by atoms with E-state index < -0.39 is 5.92 Å². The third kappa shape index (κ3) is 3.74. The molecule has 140 valence electrons. The van der Waals surface area contributed by atoms with Crippen molar-refractivity contribution in [3.05, 3.63) is 29.3 Å². The molecule has 1 aromatic carbocycles. The lowest BCUT2D eigenvalue weighted by molar-refractivity contribution is -0.140. The standard InChI is InChI=1S/C20H27N3O3/c1-14-11-15(2)13-17(12-14)23-8-5-18(20(23)26)19(25)22-7-4-6-21(9-10-22)16(3)24/h11-13,18H,4-10H2,1-3H3. The van der Waals surface area contributed by atoms with Crippen LogP contribution in [0.3, 0.4) is 0 Å². The van der Waals surface area contributed by atoms with Crippen LogP contribution in [0.1, 0.15) is 30.9 Å². The lowest BCUT2D eigenvalue weighted by atomic mass is 10.1. The van der Waals surface area contributed by atoms with Crippen LogP contribution < -0.4 is 4.90 Å². The first-order chi connectivity index (χ1) is 12.4. The topological polar surface area (TPSA) is 60.9 Å². The molecule has 6 heteroatoms. The Morgan fingerprint density at radius 2 is 1.54 bits per heavy atom. The van der Waals surface area contributed by atoms with E-state index in [1.54, 1.807) is 21.6 Å². The number of anilines is 1. The van der Waals surface area contributed by atoms with Crippen molar-refractivity contribution in [2.24, 2.45) is 5.92 Å². The highest BCUT2D eigenvalue weighted by atomic mass is 16.2. The van der Waals surface area contributed by atoms with Gasteiger partial charge in [0.2, 0.25) is 17.7 Å². The second-order valence-electron chi connectivity index (χ2n) is 7.36. The minimum Gasteiger partial charge on any atom is -0.341 e. The van der Waals surface area contributed by atoms with Crippen LogP contribution in [0.4, 0.5) is 5.69 Å². The lowest BCUT2D eigenvalue weighted by Gasteiger charge is -2.24. The van der Waals surface area contributed by atoms with E-state index in [0.717, 1.165) is 23.2 Å². The Morgan fingerprint density at radius 1 is 0.923 bits per heavy atom. The second-order valence-corrected chi connectivity index (χ2v) is 7.36. The number of hydrogen-bond acceptors (Lipinski definition) is 3. The summed E-state index contributed by atoms with van der Waals surface area (Å²) >= 11 is 0. The van der Waals surface area contributed by atoms with Crippen LogP contribution in [0.25, 0.3) is 0 Å². The van der Waals surface area contributed by atoms with Crippen LogP contribution in [-0.2, 0) is 14.4 Å². The summed E-state index contributed by atoms with van der Waals surface area (Å²) in [5.74, 6) is -0.753.